The first-order valence-corrected chi connectivity index (χ1v) is 13.4. The van der Waals surface area contributed by atoms with Crippen LogP contribution in [-0.4, -0.2) is 48.0 Å². The molecule has 1 aromatic heterocycles. The maximum absolute atomic E-state index is 12.6. The number of anilines is 2. The minimum atomic E-state index is -0.390. The Hall–Kier alpha value is -1.92. The predicted octanol–water partition coefficient (Wildman–Crippen LogP) is 5.75. The van der Waals surface area contributed by atoms with Gasteiger partial charge in [-0.15, -0.1) is 11.3 Å². The molecule has 1 saturated heterocycles. The van der Waals surface area contributed by atoms with Crippen LogP contribution in [0.1, 0.15) is 20.0 Å². The summed E-state index contributed by atoms with van der Waals surface area (Å²) in [4.78, 5) is 29.8. The Morgan fingerprint density at radius 1 is 1.00 bits per heavy atom. The van der Waals surface area contributed by atoms with Crippen LogP contribution in [0.2, 0.25) is 10.0 Å². The van der Waals surface area contributed by atoms with Gasteiger partial charge in [0.05, 0.1) is 26.2 Å². The summed E-state index contributed by atoms with van der Waals surface area (Å²) in [7, 11) is 0. The van der Waals surface area contributed by atoms with Crippen molar-refractivity contribution in [3.05, 3.63) is 78.0 Å². The van der Waals surface area contributed by atoms with Gasteiger partial charge in [0.25, 0.3) is 11.8 Å². The number of thiophene rings is 1. The molecular formula is C23H19Cl2IN4O2S2. The monoisotopic (exact) mass is 644 g/mol. The molecule has 1 fully saturated rings. The molecule has 2 heterocycles. The van der Waals surface area contributed by atoms with E-state index in [1.54, 1.807) is 18.2 Å². The first-order valence-electron chi connectivity index (χ1n) is 10.3. The molecule has 1 aliphatic rings. The third-order valence-electron chi connectivity index (χ3n) is 5.25. The number of carbonyl (C=O) groups excluding carboxylic acids is 2. The Labute approximate surface area is 230 Å². The molecule has 2 amide bonds. The molecule has 0 spiro atoms. The van der Waals surface area contributed by atoms with Crippen LogP contribution in [0.15, 0.2) is 53.9 Å². The van der Waals surface area contributed by atoms with Crippen molar-refractivity contribution in [2.45, 2.75) is 0 Å². The molecule has 0 radical (unpaired) electrons. The average molecular weight is 645 g/mol. The van der Waals surface area contributed by atoms with Gasteiger partial charge in [0.2, 0.25) is 0 Å². The number of nitrogens with one attached hydrogen (secondary N) is 2. The number of nitrogens with zero attached hydrogens (tertiary/aromatic N) is 2. The van der Waals surface area contributed by atoms with E-state index in [1.807, 2.05) is 40.6 Å². The van der Waals surface area contributed by atoms with Gasteiger partial charge in [-0.25, -0.2) is 0 Å². The molecule has 3 aromatic rings. The summed E-state index contributed by atoms with van der Waals surface area (Å²) in [5.41, 5.74) is 1.89. The lowest BCUT2D eigenvalue weighted by molar-refractivity contribution is 0.0751. The summed E-state index contributed by atoms with van der Waals surface area (Å²) in [6.07, 6.45) is 0. The molecule has 2 N–H and O–H groups in total. The van der Waals surface area contributed by atoms with Gasteiger partial charge in [-0.05, 0) is 82.7 Å². The second-order valence-electron chi connectivity index (χ2n) is 7.46. The summed E-state index contributed by atoms with van der Waals surface area (Å²) in [6, 6.07) is 14.4. The number of piperazine rings is 1. The Bertz CT molecular complexity index is 1230. The summed E-state index contributed by atoms with van der Waals surface area (Å²) in [6.45, 7) is 2.64. The lowest BCUT2D eigenvalue weighted by atomic mass is 10.2. The number of benzene rings is 2. The van der Waals surface area contributed by atoms with E-state index in [9.17, 15) is 9.59 Å². The van der Waals surface area contributed by atoms with E-state index >= 15 is 0 Å². The number of thiocarbonyl (C=S) groups is 1. The first-order chi connectivity index (χ1) is 16.3. The Morgan fingerprint density at radius 2 is 1.76 bits per heavy atom. The zero-order valence-electron chi connectivity index (χ0n) is 17.7. The van der Waals surface area contributed by atoms with E-state index in [-0.39, 0.29) is 11.0 Å². The highest BCUT2D eigenvalue weighted by atomic mass is 127. The Kier molecular flexibility index (Phi) is 8.30. The maximum Gasteiger partial charge on any atom is 0.264 e. The van der Waals surface area contributed by atoms with Gasteiger partial charge in [-0.2, -0.15) is 0 Å². The molecule has 11 heteroatoms. The van der Waals surface area contributed by atoms with Gasteiger partial charge in [-0.1, -0.05) is 29.3 Å². The van der Waals surface area contributed by atoms with Crippen molar-refractivity contribution in [3.63, 3.8) is 0 Å². The normalized spacial score (nSPS) is 13.5. The maximum atomic E-state index is 12.6. The smallest absolute Gasteiger partial charge is 0.264 e. The zero-order chi connectivity index (χ0) is 24.2. The van der Waals surface area contributed by atoms with Crippen molar-refractivity contribution in [1.29, 1.82) is 0 Å². The molecule has 34 heavy (non-hydrogen) atoms. The highest BCUT2D eigenvalue weighted by Crippen LogP contribution is 2.30. The zero-order valence-corrected chi connectivity index (χ0v) is 23.0. The first kappa shape index (κ1) is 25.2. The van der Waals surface area contributed by atoms with Gasteiger partial charge in [-0.3, -0.25) is 14.9 Å². The second-order valence-corrected chi connectivity index (χ2v) is 10.9. The highest BCUT2D eigenvalue weighted by molar-refractivity contribution is 14.1. The van der Waals surface area contributed by atoms with Crippen LogP contribution >= 0.6 is 69.3 Å². The van der Waals surface area contributed by atoms with Gasteiger partial charge in [0.15, 0.2) is 5.11 Å². The largest absolute Gasteiger partial charge is 0.367 e. The fraction of sp³-hybridized carbons (Fsp3) is 0.174. The minimum Gasteiger partial charge on any atom is -0.367 e. The van der Waals surface area contributed by atoms with Crippen molar-refractivity contribution >= 4 is 97.6 Å². The lowest BCUT2D eigenvalue weighted by Crippen LogP contribution is -2.48. The molecule has 0 aliphatic carbocycles. The number of rotatable bonds is 4. The molecule has 0 atom stereocenters. The van der Waals surface area contributed by atoms with E-state index < -0.39 is 5.91 Å². The number of carbonyl (C=O) groups is 2. The Balaban J connectivity index is 1.34. The van der Waals surface area contributed by atoms with Crippen molar-refractivity contribution in [1.82, 2.24) is 10.2 Å². The number of amides is 2. The second kappa shape index (κ2) is 11.2. The topological polar surface area (TPSA) is 64.7 Å². The summed E-state index contributed by atoms with van der Waals surface area (Å²) in [5, 5.41) is 8.58. The van der Waals surface area contributed by atoms with Crippen LogP contribution in [-0.2, 0) is 0 Å². The van der Waals surface area contributed by atoms with E-state index in [2.05, 4.69) is 38.1 Å². The minimum absolute atomic E-state index is 0.0716. The molecular weight excluding hydrogens is 626 g/mol. The van der Waals surface area contributed by atoms with E-state index in [0.717, 1.165) is 14.1 Å². The van der Waals surface area contributed by atoms with Gasteiger partial charge in [0.1, 0.15) is 0 Å². The molecule has 6 nitrogen and oxygen atoms in total. The van der Waals surface area contributed by atoms with E-state index in [1.165, 1.54) is 11.3 Å². The van der Waals surface area contributed by atoms with Crippen LogP contribution in [0.25, 0.3) is 0 Å². The van der Waals surface area contributed by atoms with Gasteiger partial charge in [0, 0.05) is 35.4 Å². The van der Waals surface area contributed by atoms with Crippen LogP contribution in [0, 0.1) is 3.57 Å². The van der Waals surface area contributed by atoms with Gasteiger partial charge >= 0.3 is 0 Å². The molecule has 2 aromatic carbocycles. The van der Waals surface area contributed by atoms with Crippen LogP contribution < -0.4 is 15.5 Å². The lowest BCUT2D eigenvalue weighted by Gasteiger charge is -2.36. The Morgan fingerprint density at radius 3 is 2.44 bits per heavy atom. The van der Waals surface area contributed by atoms with Crippen molar-refractivity contribution < 1.29 is 9.59 Å². The summed E-state index contributed by atoms with van der Waals surface area (Å²) < 4.78 is 0.894. The van der Waals surface area contributed by atoms with Gasteiger partial charge < -0.3 is 15.1 Å². The van der Waals surface area contributed by atoms with E-state index in [4.69, 9.17) is 35.4 Å². The molecule has 0 bridgehead atoms. The average Bonchev–Trinajstić information content (AvgIpc) is 3.35. The molecule has 1 aliphatic heterocycles. The third kappa shape index (κ3) is 6.01. The molecule has 176 valence electrons. The van der Waals surface area contributed by atoms with E-state index in [0.29, 0.717) is 47.5 Å². The SMILES string of the molecule is O=C(NC(=S)Nc1ccc(N2CCN(C(=O)c3cccs3)CC2)c(Cl)c1)c1cc(I)ccc1Cl. The number of halogens is 3. The highest BCUT2D eigenvalue weighted by Gasteiger charge is 2.24. The third-order valence-corrected chi connectivity index (χ3v) is 7.61. The van der Waals surface area contributed by atoms with Crippen LogP contribution in [0.4, 0.5) is 11.4 Å². The predicted molar refractivity (Wildman–Crippen MR) is 152 cm³/mol. The van der Waals surface area contributed by atoms with Crippen molar-refractivity contribution in [2.24, 2.45) is 0 Å². The molecule has 0 saturated carbocycles. The van der Waals surface area contributed by atoms with Crippen LogP contribution in [0.5, 0.6) is 0 Å². The standard InChI is InChI=1S/C23H19Cl2IN4O2S2/c24-17-5-3-14(26)12-16(17)21(31)28-23(33)27-15-4-6-19(18(25)13-15)29-7-9-30(10-8-29)22(32)20-2-1-11-34-20/h1-6,11-13H,7-10H2,(H2,27,28,31,33). The number of hydrogen-bond donors (Lipinski definition) is 2. The summed E-state index contributed by atoms with van der Waals surface area (Å²) >= 11 is 21.5. The fourth-order valence-electron chi connectivity index (χ4n) is 3.55. The van der Waals surface area contributed by atoms with Crippen molar-refractivity contribution in [3.8, 4) is 0 Å². The molecule has 4 rings (SSSR count). The fourth-order valence-corrected chi connectivity index (χ4v) is 5.45. The van der Waals surface area contributed by atoms with Crippen molar-refractivity contribution in [2.75, 3.05) is 36.4 Å². The number of hydrogen-bond acceptors (Lipinski definition) is 5. The van der Waals surface area contributed by atoms with Crippen LogP contribution in [0.3, 0.4) is 0 Å². The quantitative estimate of drug-likeness (QED) is 0.280. The molecule has 0 unspecified atom stereocenters. The summed E-state index contributed by atoms with van der Waals surface area (Å²) in [5.74, 6) is -0.318.